The van der Waals surface area contributed by atoms with Crippen molar-refractivity contribution in [3.8, 4) is 0 Å². The van der Waals surface area contributed by atoms with Crippen LogP contribution in [0.4, 0.5) is 5.69 Å². The van der Waals surface area contributed by atoms with Crippen LogP contribution < -0.4 is 5.32 Å². The number of allylic oxidation sites excluding steroid dienone is 2. The number of non-ortho nitro benzene ring substituents is 1. The molecule has 1 fully saturated rings. The predicted molar refractivity (Wildman–Crippen MR) is 135 cm³/mol. The number of methoxy groups -OCH3 is 1. The van der Waals surface area contributed by atoms with E-state index in [0.717, 1.165) is 25.9 Å². The van der Waals surface area contributed by atoms with Crippen LogP contribution in [0.2, 0.25) is 0 Å². The lowest BCUT2D eigenvalue weighted by Gasteiger charge is -2.34. The summed E-state index contributed by atoms with van der Waals surface area (Å²) in [6.45, 7) is 5.80. The highest BCUT2D eigenvalue weighted by molar-refractivity contribution is 7.09. The third-order valence-corrected chi connectivity index (χ3v) is 7.36. The molecule has 1 aromatic carbocycles. The summed E-state index contributed by atoms with van der Waals surface area (Å²) in [7, 11) is 1.26. The van der Waals surface area contributed by atoms with Crippen LogP contribution in [0.1, 0.15) is 43.0 Å². The number of benzene rings is 1. The number of nitrogens with one attached hydrogen (secondary N) is 1. The smallest absolute Gasteiger partial charge is 0.337 e. The number of hydrogen-bond donors (Lipinski definition) is 1. The highest BCUT2D eigenvalue weighted by atomic mass is 32.1. The van der Waals surface area contributed by atoms with Gasteiger partial charge in [0.25, 0.3) is 5.69 Å². The minimum Gasteiger partial charge on any atom is -0.466 e. The SMILES string of the molecule is COC(=O)C1=C(C)NC(C)=C(C(=O)OC2CCCN(Cc3cccs3)C2)C1c1cccc([N+](=O)[O-])c1. The molecule has 3 heterocycles. The lowest BCUT2D eigenvalue weighted by atomic mass is 9.80. The molecule has 0 amide bonds. The Kier molecular flexibility index (Phi) is 7.85. The van der Waals surface area contributed by atoms with Gasteiger partial charge in [-0.05, 0) is 50.2 Å². The van der Waals surface area contributed by atoms with Crippen LogP contribution in [-0.2, 0) is 25.6 Å². The average Bonchev–Trinajstić information content (AvgIpc) is 3.36. The molecule has 1 aromatic heterocycles. The largest absolute Gasteiger partial charge is 0.466 e. The molecule has 0 bridgehead atoms. The second kappa shape index (κ2) is 11.0. The van der Waals surface area contributed by atoms with Gasteiger partial charge < -0.3 is 14.8 Å². The van der Waals surface area contributed by atoms with Gasteiger partial charge in [0, 0.05) is 41.5 Å². The summed E-state index contributed by atoms with van der Waals surface area (Å²) < 4.78 is 11.0. The van der Waals surface area contributed by atoms with Crippen molar-refractivity contribution in [1.29, 1.82) is 0 Å². The number of nitrogens with zero attached hydrogens (tertiary/aromatic N) is 2. The summed E-state index contributed by atoms with van der Waals surface area (Å²) >= 11 is 1.70. The Bertz CT molecular complexity index is 1220. The van der Waals surface area contributed by atoms with Crippen molar-refractivity contribution in [3.63, 3.8) is 0 Å². The van der Waals surface area contributed by atoms with Crippen LogP contribution in [-0.4, -0.2) is 48.1 Å². The van der Waals surface area contributed by atoms with E-state index < -0.39 is 22.8 Å². The highest BCUT2D eigenvalue weighted by Crippen LogP contribution is 2.40. The minimum absolute atomic E-state index is 0.130. The zero-order chi connectivity index (χ0) is 25.8. The van der Waals surface area contributed by atoms with E-state index in [9.17, 15) is 19.7 Å². The molecule has 1 saturated heterocycles. The van der Waals surface area contributed by atoms with Crippen LogP contribution in [0.15, 0.2) is 64.3 Å². The zero-order valence-electron chi connectivity index (χ0n) is 20.5. The number of esters is 2. The van der Waals surface area contributed by atoms with E-state index >= 15 is 0 Å². The molecule has 9 nitrogen and oxygen atoms in total. The predicted octanol–water partition coefficient (Wildman–Crippen LogP) is 4.27. The van der Waals surface area contributed by atoms with Crippen LogP contribution in [0.3, 0.4) is 0 Å². The van der Waals surface area contributed by atoms with Crippen LogP contribution >= 0.6 is 11.3 Å². The Balaban J connectivity index is 1.63. The van der Waals surface area contributed by atoms with Gasteiger partial charge in [0.15, 0.2) is 0 Å². The van der Waals surface area contributed by atoms with E-state index in [-0.39, 0.29) is 22.9 Å². The van der Waals surface area contributed by atoms with Gasteiger partial charge in [0.2, 0.25) is 0 Å². The van der Waals surface area contributed by atoms with Gasteiger partial charge >= 0.3 is 11.9 Å². The molecule has 2 aliphatic rings. The number of dihydropyridines is 1. The van der Waals surface area contributed by atoms with Gasteiger partial charge in [0.05, 0.1) is 29.1 Å². The second-order valence-corrected chi connectivity index (χ2v) is 10.00. The fourth-order valence-corrected chi connectivity index (χ4v) is 5.63. The van der Waals surface area contributed by atoms with E-state index in [2.05, 4.69) is 16.3 Å². The quantitative estimate of drug-likeness (QED) is 0.333. The molecule has 2 aromatic rings. The Labute approximate surface area is 213 Å². The first-order chi connectivity index (χ1) is 17.3. The molecule has 0 saturated carbocycles. The fourth-order valence-electron chi connectivity index (χ4n) is 4.89. The van der Waals surface area contributed by atoms with Gasteiger partial charge in [-0.3, -0.25) is 15.0 Å². The number of thiophene rings is 1. The molecule has 0 aliphatic carbocycles. The van der Waals surface area contributed by atoms with Crippen molar-refractivity contribution >= 4 is 29.0 Å². The lowest BCUT2D eigenvalue weighted by Crippen LogP contribution is -2.41. The Morgan fingerprint density at radius 1 is 1.17 bits per heavy atom. The van der Waals surface area contributed by atoms with Crippen LogP contribution in [0, 0.1) is 10.1 Å². The maximum absolute atomic E-state index is 13.6. The highest BCUT2D eigenvalue weighted by Gasteiger charge is 2.39. The normalized spacial score (nSPS) is 20.6. The number of nitro groups is 1. The van der Waals surface area contributed by atoms with E-state index in [0.29, 0.717) is 23.5 Å². The molecular weight excluding hydrogens is 482 g/mol. The van der Waals surface area contributed by atoms with E-state index in [1.807, 2.05) is 11.4 Å². The van der Waals surface area contributed by atoms with Crippen molar-refractivity contribution in [2.24, 2.45) is 0 Å². The van der Waals surface area contributed by atoms with Crippen LogP contribution in [0.25, 0.3) is 0 Å². The van der Waals surface area contributed by atoms with E-state index in [1.54, 1.807) is 37.3 Å². The molecule has 0 radical (unpaired) electrons. The fraction of sp³-hybridized carbons (Fsp3) is 0.385. The van der Waals surface area contributed by atoms with Gasteiger partial charge in [-0.15, -0.1) is 11.3 Å². The number of carbonyl (C=O) groups is 2. The lowest BCUT2D eigenvalue weighted by molar-refractivity contribution is -0.384. The van der Waals surface area contributed by atoms with E-state index in [4.69, 9.17) is 9.47 Å². The number of piperidine rings is 1. The zero-order valence-corrected chi connectivity index (χ0v) is 21.3. The molecule has 2 unspecified atom stereocenters. The third kappa shape index (κ3) is 5.50. The van der Waals surface area contributed by atoms with Gasteiger partial charge in [-0.25, -0.2) is 9.59 Å². The van der Waals surface area contributed by atoms with Gasteiger partial charge in [-0.1, -0.05) is 18.2 Å². The number of hydrogen-bond acceptors (Lipinski definition) is 9. The average molecular weight is 512 g/mol. The third-order valence-electron chi connectivity index (χ3n) is 6.50. The molecular formula is C26H29N3O6S. The van der Waals surface area contributed by atoms with Gasteiger partial charge in [-0.2, -0.15) is 0 Å². The molecule has 2 aliphatic heterocycles. The summed E-state index contributed by atoms with van der Waals surface area (Å²) in [5, 5.41) is 16.6. The Hall–Kier alpha value is -3.50. The van der Waals surface area contributed by atoms with Crippen molar-refractivity contribution in [1.82, 2.24) is 10.2 Å². The standard InChI is InChI=1S/C26H29N3O6S/c1-16-22(25(30)34-3)24(18-7-4-8-19(13-18)29(32)33)23(17(2)27-16)26(31)35-20-9-5-11-28(14-20)15-21-10-6-12-36-21/h4,6-8,10,12-13,20,24,27H,5,9,11,14-15H2,1-3H3. The Morgan fingerprint density at radius 3 is 2.58 bits per heavy atom. The first-order valence-electron chi connectivity index (χ1n) is 11.8. The molecule has 2 atom stereocenters. The molecule has 10 heteroatoms. The first kappa shape index (κ1) is 25.6. The summed E-state index contributed by atoms with van der Waals surface area (Å²) in [6, 6.07) is 10.1. The topological polar surface area (TPSA) is 111 Å². The molecule has 4 rings (SSSR count). The number of carbonyl (C=O) groups excluding carboxylic acids is 2. The first-order valence-corrected chi connectivity index (χ1v) is 12.6. The summed E-state index contributed by atoms with van der Waals surface area (Å²) in [5.74, 6) is -2.03. The number of ether oxygens (including phenoxy) is 2. The van der Waals surface area contributed by atoms with Crippen molar-refractivity contribution in [2.75, 3.05) is 20.2 Å². The van der Waals surface area contributed by atoms with Gasteiger partial charge in [0.1, 0.15) is 6.10 Å². The summed E-state index contributed by atoms with van der Waals surface area (Å²) in [4.78, 5) is 40.9. The van der Waals surface area contributed by atoms with Crippen molar-refractivity contribution in [3.05, 3.63) is 84.9 Å². The molecule has 1 N–H and O–H groups in total. The number of nitro benzene ring substituents is 1. The monoisotopic (exact) mass is 511 g/mol. The number of rotatable bonds is 7. The second-order valence-electron chi connectivity index (χ2n) is 8.96. The van der Waals surface area contributed by atoms with Crippen molar-refractivity contribution in [2.45, 2.75) is 45.3 Å². The minimum atomic E-state index is -0.864. The maximum atomic E-state index is 13.6. The number of likely N-dealkylation sites (tertiary alicyclic amines) is 1. The molecule has 190 valence electrons. The van der Waals surface area contributed by atoms with E-state index in [1.165, 1.54) is 24.1 Å². The molecule has 0 spiro atoms. The van der Waals surface area contributed by atoms with Crippen LogP contribution in [0.5, 0.6) is 0 Å². The maximum Gasteiger partial charge on any atom is 0.337 e. The summed E-state index contributed by atoms with van der Waals surface area (Å²) in [5.41, 5.74) is 1.84. The summed E-state index contributed by atoms with van der Waals surface area (Å²) in [6.07, 6.45) is 1.35. The molecule has 36 heavy (non-hydrogen) atoms. The van der Waals surface area contributed by atoms with Crippen molar-refractivity contribution < 1.29 is 24.0 Å². The Morgan fingerprint density at radius 2 is 1.92 bits per heavy atom.